The zero-order valence-corrected chi connectivity index (χ0v) is 11.3. The van der Waals surface area contributed by atoms with E-state index >= 15 is 0 Å². The molecule has 0 unspecified atom stereocenters. The van der Waals surface area contributed by atoms with Crippen molar-refractivity contribution in [2.45, 2.75) is 6.54 Å². The molecule has 1 aromatic heterocycles. The monoisotopic (exact) mass is 271 g/mol. The molecule has 0 bridgehead atoms. The summed E-state index contributed by atoms with van der Waals surface area (Å²) >= 11 is 0. The first-order chi connectivity index (χ1) is 9.70. The molecule has 104 valence electrons. The average molecular weight is 271 g/mol. The van der Waals surface area contributed by atoms with Gasteiger partial charge >= 0.3 is 0 Å². The van der Waals surface area contributed by atoms with Gasteiger partial charge in [-0.3, -0.25) is 9.48 Å². The molecule has 0 fully saturated rings. The molecule has 2 aromatic rings. The maximum atomic E-state index is 11.7. The van der Waals surface area contributed by atoms with Crippen LogP contribution in [0.2, 0.25) is 0 Å². The van der Waals surface area contributed by atoms with Crippen LogP contribution in [-0.4, -0.2) is 27.4 Å². The topological polar surface area (TPSA) is 71.8 Å². The van der Waals surface area contributed by atoms with E-state index in [1.165, 1.54) is 0 Å². The highest BCUT2D eigenvalue weighted by atomic mass is 16.1. The lowest BCUT2D eigenvalue weighted by atomic mass is 10.2. The first-order valence-corrected chi connectivity index (χ1v) is 6.27. The molecule has 1 aromatic carbocycles. The highest BCUT2D eigenvalue weighted by Crippen LogP contribution is 2.10. The molecular formula is C14H17N5O. The normalized spacial score (nSPS) is 10.1. The Kier molecular flexibility index (Phi) is 4.49. The van der Waals surface area contributed by atoms with E-state index in [4.69, 9.17) is 0 Å². The van der Waals surface area contributed by atoms with Crippen LogP contribution in [0.25, 0.3) is 0 Å². The van der Waals surface area contributed by atoms with E-state index in [1.54, 1.807) is 29.1 Å². The molecule has 0 saturated heterocycles. The average Bonchev–Trinajstić information content (AvgIpc) is 2.88. The molecule has 1 amide bonds. The quantitative estimate of drug-likeness (QED) is 0.778. The third kappa shape index (κ3) is 3.44. The Morgan fingerprint density at radius 3 is 2.75 bits per heavy atom. The zero-order chi connectivity index (χ0) is 14.4. The van der Waals surface area contributed by atoms with Crippen molar-refractivity contribution in [3.8, 4) is 0 Å². The summed E-state index contributed by atoms with van der Waals surface area (Å²) in [7, 11) is 1.84. The number of rotatable bonds is 6. The summed E-state index contributed by atoms with van der Waals surface area (Å²) < 4.78 is 1.71. The van der Waals surface area contributed by atoms with Crippen LogP contribution in [0.1, 0.15) is 16.1 Å². The first kappa shape index (κ1) is 13.8. The Labute approximate surface area is 117 Å². The Morgan fingerprint density at radius 2 is 2.15 bits per heavy atom. The molecule has 0 aliphatic rings. The van der Waals surface area contributed by atoms with Crippen LogP contribution in [-0.2, 0) is 13.6 Å². The molecule has 0 saturated carbocycles. The van der Waals surface area contributed by atoms with E-state index in [1.807, 2.05) is 19.2 Å². The standard InChI is InChI=1S/C14H17N5O/c1-3-8-15-14(20)11-4-6-12(7-5-11)16-9-13-10-17-18-19(13)2/h3-7,10,16H,1,8-9H2,2H3,(H,15,20). The summed E-state index contributed by atoms with van der Waals surface area (Å²) in [6, 6.07) is 7.30. The summed E-state index contributed by atoms with van der Waals surface area (Å²) in [6.07, 6.45) is 3.36. The minimum absolute atomic E-state index is 0.104. The minimum Gasteiger partial charge on any atom is -0.379 e. The Balaban J connectivity index is 1.93. The van der Waals surface area contributed by atoms with Crippen LogP contribution >= 0.6 is 0 Å². The van der Waals surface area contributed by atoms with Gasteiger partial charge in [0, 0.05) is 24.8 Å². The molecule has 20 heavy (non-hydrogen) atoms. The van der Waals surface area contributed by atoms with Gasteiger partial charge in [0.15, 0.2) is 0 Å². The first-order valence-electron chi connectivity index (χ1n) is 6.27. The molecular weight excluding hydrogens is 254 g/mol. The van der Waals surface area contributed by atoms with Gasteiger partial charge in [-0.15, -0.1) is 11.7 Å². The number of amides is 1. The van der Waals surface area contributed by atoms with Crippen LogP contribution in [0.15, 0.2) is 43.1 Å². The molecule has 2 N–H and O–H groups in total. The summed E-state index contributed by atoms with van der Waals surface area (Å²) in [6.45, 7) is 4.65. The second-order valence-electron chi connectivity index (χ2n) is 4.28. The maximum Gasteiger partial charge on any atom is 0.251 e. The van der Waals surface area contributed by atoms with Gasteiger partial charge in [0.2, 0.25) is 0 Å². The van der Waals surface area contributed by atoms with Crippen molar-refractivity contribution in [2.75, 3.05) is 11.9 Å². The molecule has 2 rings (SSSR count). The molecule has 6 heteroatoms. The van der Waals surface area contributed by atoms with Crippen molar-refractivity contribution < 1.29 is 4.79 Å². The fraction of sp³-hybridized carbons (Fsp3) is 0.214. The third-order valence-electron chi connectivity index (χ3n) is 2.84. The van der Waals surface area contributed by atoms with Gasteiger partial charge in [0.25, 0.3) is 5.91 Å². The van der Waals surface area contributed by atoms with E-state index < -0.39 is 0 Å². The van der Waals surface area contributed by atoms with Crippen molar-refractivity contribution in [2.24, 2.45) is 7.05 Å². The molecule has 0 spiro atoms. The summed E-state index contributed by atoms with van der Waals surface area (Å²) in [5.41, 5.74) is 2.55. The number of carbonyl (C=O) groups excluding carboxylic acids is 1. The fourth-order valence-corrected chi connectivity index (χ4v) is 1.67. The van der Waals surface area contributed by atoms with E-state index in [9.17, 15) is 4.79 Å². The van der Waals surface area contributed by atoms with Gasteiger partial charge in [0.05, 0.1) is 18.4 Å². The Bertz CT molecular complexity index is 588. The van der Waals surface area contributed by atoms with E-state index in [-0.39, 0.29) is 5.91 Å². The molecule has 6 nitrogen and oxygen atoms in total. The number of benzene rings is 1. The summed E-state index contributed by atoms with van der Waals surface area (Å²) in [5, 5.41) is 13.7. The number of carbonyl (C=O) groups is 1. The number of nitrogens with zero attached hydrogens (tertiary/aromatic N) is 3. The van der Waals surface area contributed by atoms with Gasteiger partial charge in [-0.05, 0) is 24.3 Å². The SMILES string of the molecule is C=CCNC(=O)c1ccc(NCc2cnnn2C)cc1. The second kappa shape index (κ2) is 6.51. The number of aryl methyl sites for hydroxylation is 1. The predicted octanol–water partition coefficient (Wildman–Crippen LogP) is 1.34. The van der Waals surface area contributed by atoms with Crippen molar-refractivity contribution in [3.05, 3.63) is 54.4 Å². The third-order valence-corrected chi connectivity index (χ3v) is 2.84. The lowest BCUT2D eigenvalue weighted by molar-refractivity contribution is 0.0958. The lowest BCUT2D eigenvalue weighted by Gasteiger charge is -2.07. The molecule has 0 aliphatic heterocycles. The van der Waals surface area contributed by atoms with Crippen molar-refractivity contribution in [3.63, 3.8) is 0 Å². The minimum atomic E-state index is -0.104. The molecule has 1 heterocycles. The number of aromatic nitrogens is 3. The van der Waals surface area contributed by atoms with Gasteiger partial charge < -0.3 is 10.6 Å². The maximum absolute atomic E-state index is 11.7. The molecule has 0 aliphatic carbocycles. The van der Waals surface area contributed by atoms with Gasteiger partial charge in [-0.1, -0.05) is 11.3 Å². The predicted molar refractivity (Wildman–Crippen MR) is 77.3 cm³/mol. The highest BCUT2D eigenvalue weighted by molar-refractivity contribution is 5.94. The van der Waals surface area contributed by atoms with Crippen molar-refractivity contribution >= 4 is 11.6 Å². The summed E-state index contributed by atoms with van der Waals surface area (Å²) in [5.74, 6) is -0.104. The van der Waals surface area contributed by atoms with Crippen molar-refractivity contribution in [1.82, 2.24) is 20.3 Å². The number of hydrogen-bond acceptors (Lipinski definition) is 4. The number of hydrogen-bond donors (Lipinski definition) is 2. The molecule has 0 atom stereocenters. The number of anilines is 1. The van der Waals surface area contributed by atoms with Crippen LogP contribution < -0.4 is 10.6 Å². The van der Waals surface area contributed by atoms with Crippen molar-refractivity contribution in [1.29, 1.82) is 0 Å². The van der Waals surface area contributed by atoms with Gasteiger partial charge in [-0.25, -0.2) is 0 Å². The summed E-state index contributed by atoms with van der Waals surface area (Å²) in [4.78, 5) is 11.7. The van der Waals surface area contributed by atoms with Crippen LogP contribution in [0, 0.1) is 0 Å². The van der Waals surface area contributed by atoms with Crippen LogP contribution in [0.4, 0.5) is 5.69 Å². The van der Waals surface area contributed by atoms with Crippen LogP contribution in [0.5, 0.6) is 0 Å². The van der Waals surface area contributed by atoms with Gasteiger partial charge in [-0.2, -0.15) is 0 Å². The Morgan fingerprint density at radius 1 is 1.40 bits per heavy atom. The van der Waals surface area contributed by atoms with Crippen LogP contribution in [0.3, 0.4) is 0 Å². The number of nitrogens with one attached hydrogen (secondary N) is 2. The Hall–Kier alpha value is -2.63. The molecule has 0 radical (unpaired) electrons. The lowest BCUT2D eigenvalue weighted by Crippen LogP contribution is -2.23. The largest absolute Gasteiger partial charge is 0.379 e. The van der Waals surface area contributed by atoms with Gasteiger partial charge in [0.1, 0.15) is 0 Å². The fourth-order valence-electron chi connectivity index (χ4n) is 1.67. The second-order valence-corrected chi connectivity index (χ2v) is 4.28. The van der Waals surface area contributed by atoms with E-state index in [2.05, 4.69) is 27.5 Å². The van der Waals surface area contributed by atoms with E-state index in [0.717, 1.165) is 11.4 Å². The zero-order valence-electron chi connectivity index (χ0n) is 11.3. The highest BCUT2D eigenvalue weighted by Gasteiger charge is 2.04. The van der Waals surface area contributed by atoms with E-state index in [0.29, 0.717) is 18.7 Å². The smallest absolute Gasteiger partial charge is 0.251 e.